The Kier molecular flexibility index (Phi) is 4.40. The molecule has 0 saturated carbocycles. The predicted molar refractivity (Wildman–Crippen MR) is 94.1 cm³/mol. The number of nitrogens with two attached hydrogens (primary N) is 1. The summed E-state index contributed by atoms with van der Waals surface area (Å²) < 4.78 is 5.74. The number of nitrogens with zero attached hydrogens (tertiary/aromatic N) is 1. The number of aromatic carboxylic acids is 1. The summed E-state index contributed by atoms with van der Waals surface area (Å²) in [7, 11) is 2.00. The van der Waals surface area contributed by atoms with Crippen molar-refractivity contribution < 1.29 is 29.6 Å². The molecule has 2 saturated heterocycles. The predicted octanol–water partition coefficient (Wildman–Crippen LogP) is 0.307. The molecule has 139 valence electrons. The smallest absolute Gasteiger partial charge is 0.343 e. The molecular formula is C17H22BN2O6. The first-order valence-corrected chi connectivity index (χ1v) is 8.39. The summed E-state index contributed by atoms with van der Waals surface area (Å²) in [5.41, 5.74) is 4.71. The number of hydrogen-bond acceptors (Lipinski definition) is 6. The molecule has 0 spiro atoms. The number of ether oxygens (including phenoxy) is 1. The molecular weight excluding hydrogens is 339 g/mol. The molecule has 3 rings (SSSR count). The Balaban J connectivity index is 1.69. The third-order valence-electron chi connectivity index (χ3n) is 5.04. The van der Waals surface area contributed by atoms with Crippen molar-refractivity contribution in [2.75, 3.05) is 19.6 Å². The van der Waals surface area contributed by atoms with Crippen LogP contribution in [0.3, 0.4) is 0 Å². The van der Waals surface area contributed by atoms with E-state index in [0.717, 1.165) is 6.32 Å². The number of rotatable bonds is 7. The number of benzene rings is 1. The lowest BCUT2D eigenvalue weighted by Crippen LogP contribution is -2.62. The maximum atomic E-state index is 11.6. The molecule has 9 heteroatoms. The van der Waals surface area contributed by atoms with E-state index in [2.05, 4.69) is 0 Å². The quantitative estimate of drug-likeness (QED) is 0.510. The minimum atomic E-state index is -1.35. The molecule has 0 bridgehead atoms. The molecule has 0 aromatic heterocycles. The van der Waals surface area contributed by atoms with Crippen molar-refractivity contribution in [2.45, 2.75) is 37.1 Å². The van der Waals surface area contributed by atoms with Crippen molar-refractivity contribution in [1.82, 2.24) is 4.90 Å². The number of carboxylic acid groups (broad SMARTS) is 2. The lowest BCUT2D eigenvalue weighted by molar-refractivity contribution is -0.144. The highest BCUT2D eigenvalue weighted by atomic mass is 16.5. The van der Waals surface area contributed by atoms with Gasteiger partial charge in [-0.3, -0.25) is 9.69 Å². The third kappa shape index (κ3) is 3.36. The lowest BCUT2D eigenvalue weighted by atomic mass is 9.81. The van der Waals surface area contributed by atoms with E-state index in [1.54, 1.807) is 12.1 Å². The van der Waals surface area contributed by atoms with Crippen molar-refractivity contribution in [3.05, 3.63) is 23.3 Å². The first kappa shape index (κ1) is 18.5. The number of aliphatic carboxylic acids is 1. The van der Waals surface area contributed by atoms with Crippen molar-refractivity contribution in [2.24, 2.45) is 5.73 Å². The van der Waals surface area contributed by atoms with Crippen molar-refractivity contribution >= 4 is 19.2 Å². The Hall–Kier alpha value is -2.26. The van der Waals surface area contributed by atoms with Crippen LogP contribution in [0.1, 0.15) is 29.8 Å². The van der Waals surface area contributed by atoms with Gasteiger partial charge in [0.05, 0.1) is 0 Å². The number of phenols is 1. The zero-order chi connectivity index (χ0) is 19.3. The molecule has 5 N–H and O–H groups in total. The Morgan fingerprint density at radius 3 is 2.54 bits per heavy atom. The molecule has 26 heavy (non-hydrogen) atoms. The van der Waals surface area contributed by atoms with Gasteiger partial charge in [-0.2, -0.15) is 0 Å². The summed E-state index contributed by atoms with van der Waals surface area (Å²) in [5.74, 6) is -2.48. The van der Waals surface area contributed by atoms with Gasteiger partial charge >= 0.3 is 11.9 Å². The molecule has 1 radical (unpaired) electrons. The molecule has 2 heterocycles. The first-order chi connectivity index (χ1) is 12.0. The Morgan fingerprint density at radius 2 is 2.04 bits per heavy atom. The van der Waals surface area contributed by atoms with Gasteiger partial charge in [0.25, 0.3) is 0 Å². The summed E-state index contributed by atoms with van der Waals surface area (Å²) in [6.45, 7) is 4.43. The van der Waals surface area contributed by atoms with Gasteiger partial charge in [-0.1, -0.05) is 19.3 Å². The zero-order valence-corrected chi connectivity index (χ0v) is 14.7. The second-order valence-electron chi connectivity index (χ2n) is 7.62. The number of aromatic hydroxyl groups is 1. The molecule has 1 aromatic carbocycles. The van der Waals surface area contributed by atoms with E-state index >= 15 is 0 Å². The van der Waals surface area contributed by atoms with Crippen LogP contribution in [-0.2, 0) is 10.1 Å². The molecule has 1 aromatic rings. The summed E-state index contributed by atoms with van der Waals surface area (Å²) in [6.07, 6.45) is 0.504. The second kappa shape index (κ2) is 6.17. The number of hydrogen-bond donors (Lipinski definition) is 4. The molecule has 2 aliphatic heterocycles. The van der Waals surface area contributed by atoms with E-state index < -0.39 is 17.5 Å². The van der Waals surface area contributed by atoms with Crippen LogP contribution in [0.5, 0.6) is 11.5 Å². The van der Waals surface area contributed by atoms with Crippen LogP contribution in [0.2, 0.25) is 6.32 Å². The molecule has 8 nitrogen and oxygen atoms in total. The van der Waals surface area contributed by atoms with E-state index in [0.29, 0.717) is 18.7 Å². The molecule has 2 fully saturated rings. The van der Waals surface area contributed by atoms with E-state index in [1.807, 2.05) is 19.1 Å². The number of likely N-dealkylation sites (tertiary alicyclic amines) is 1. The maximum Gasteiger partial charge on any atom is 0.343 e. The monoisotopic (exact) mass is 361 g/mol. The van der Waals surface area contributed by atoms with Gasteiger partial charge in [0.1, 0.15) is 36.0 Å². The number of carbonyl (C=O) groups is 2. The van der Waals surface area contributed by atoms with Crippen LogP contribution in [0.4, 0.5) is 0 Å². The van der Waals surface area contributed by atoms with Gasteiger partial charge in [-0.25, -0.2) is 4.79 Å². The Bertz CT molecular complexity index is 756. The van der Waals surface area contributed by atoms with Gasteiger partial charge in [0.2, 0.25) is 0 Å². The summed E-state index contributed by atoms with van der Waals surface area (Å²) in [6, 6.07) is 3.27. The normalized spacial score (nSPS) is 24.9. The molecule has 2 aliphatic rings. The van der Waals surface area contributed by atoms with E-state index in [-0.39, 0.29) is 35.0 Å². The van der Waals surface area contributed by atoms with E-state index in [4.69, 9.17) is 15.6 Å². The van der Waals surface area contributed by atoms with Crippen molar-refractivity contribution in [3.63, 3.8) is 0 Å². The van der Waals surface area contributed by atoms with Gasteiger partial charge in [-0.15, -0.1) is 0 Å². The summed E-state index contributed by atoms with van der Waals surface area (Å²) >= 11 is 0. The van der Waals surface area contributed by atoms with Crippen LogP contribution < -0.4 is 10.5 Å². The lowest BCUT2D eigenvalue weighted by Gasteiger charge is -2.41. The minimum absolute atomic E-state index is 0.112. The van der Waals surface area contributed by atoms with Crippen LogP contribution in [0.15, 0.2) is 12.1 Å². The van der Waals surface area contributed by atoms with E-state index in [9.17, 15) is 19.8 Å². The van der Waals surface area contributed by atoms with Gasteiger partial charge in [0.15, 0.2) is 0 Å². The number of carboxylic acids is 2. The van der Waals surface area contributed by atoms with Gasteiger partial charge < -0.3 is 25.8 Å². The summed E-state index contributed by atoms with van der Waals surface area (Å²) in [4.78, 5) is 24.5. The fourth-order valence-corrected chi connectivity index (χ4v) is 3.15. The highest BCUT2D eigenvalue weighted by molar-refractivity contribution is 6.54. The van der Waals surface area contributed by atoms with E-state index in [1.165, 1.54) is 6.92 Å². The minimum Gasteiger partial charge on any atom is -0.507 e. The van der Waals surface area contributed by atoms with Gasteiger partial charge in [0, 0.05) is 19.6 Å². The highest BCUT2D eigenvalue weighted by Gasteiger charge is 2.44. The highest BCUT2D eigenvalue weighted by Crippen LogP contribution is 2.47. The first-order valence-electron chi connectivity index (χ1n) is 8.39. The van der Waals surface area contributed by atoms with Crippen LogP contribution in [-0.4, -0.2) is 70.7 Å². The average molecular weight is 361 g/mol. The van der Waals surface area contributed by atoms with Crippen molar-refractivity contribution in [1.29, 1.82) is 0 Å². The van der Waals surface area contributed by atoms with Crippen LogP contribution in [0.25, 0.3) is 0 Å². The molecule has 2 atom stereocenters. The molecule has 0 amide bonds. The molecule has 0 unspecified atom stereocenters. The van der Waals surface area contributed by atoms with Crippen LogP contribution >= 0.6 is 0 Å². The fourth-order valence-electron chi connectivity index (χ4n) is 3.15. The van der Waals surface area contributed by atoms with Crippen molar-refractivity contribution in [3.8, 4) is 11.5 Å². The van der Waals surface area contributed by atoms with Gasteiger partial charge in [-0.05, 0) is 23.9 Å². The molecule has 0 aliphatic carbocycles. The largest absolute Gasteiger partial charge is 0.507 e. The van der Waals surface area contributed by atoms with Crippen LogP contribution in [0, 0.1) is 0 Å². The summed E-state index contributed by atoms with van der Waals surface area (Å²) in [5, 5.41) is 28.7. The SMILES string of the molecule is C[C@](N)(CN1CC(Oc2ccc([C@]3(C)[B]C3)c(O)c2C(=O)O)C1)C(=O)O. The average Bonchev–Trinajstić information content (AvgIpc) is 3.22. The second-order valence-corrected chi connectivity index (χ2v) is 7.62. The third-order valence-corrected chi connectivity index (χ3v) is 5.04. The zero-order valence-electron chi connectivity index (χ0n) is 14.7. The topological polar surface area (TPSA) is 133 Å². The Labute approximate surface area is 151 Å². The Morgan fingerprint density at radius 1 is 1.42 bits per heavy atom. The standard InChI is InChI=1S/C17H22BN2O6/c1-16(7-18-16)10-3-4-11(12(13(10)21)14(22)23)26-9-5-20(6-9)8-17(2,19)15(24)25/h3-4,9,21H,5-8,19H2,1-2H3,(H,22,23)(H,24,25)/t16-,17+/m1/s1. The maximum absolute atomic E-state index is 11.6. The fraction of sp³-hybridized carbons (Fsp3) is 0.529.